The van der Waals surface area contributed by atoms with Gasteiger partial charge in [-0.3, -0.25) is 4.79 Å². The lowest BCUT2D eigenvalue weighted by atomic mass is 9.96. The van der Waals surface area contributed by atoms with E-state index in [1.165, 1.54) is 0 Å². The van der Waals surface area contributed by atoms with Gasteiger partial charge >= 0.3 is 0 Å². The third kappa shape index (κ3) is 2.42. The summed E-state index contributed by atoms with van der Waals surface area (Å²) < 4.78 is 5.10. The van der Waals surface area contributed by atoms with Crippen molar-refractivity contribution in [3.8, 4) is 0 Å². The van der Waals surface area contributed by atoms with Crippen molar-refractivity contribution < 1.29 is 9.21 Å². The molecule has 0 aliphatic rings. The number of likely N-dealkylation sites (N-methyl/N-ethyl adjacent to an activating group) is 1. The van der Waals surface area contributed by atoms with E-state index in [4.69, 9.17) is 4.42 Å². The smallest absolute Gasteiger partial charge is 0.159 e. The van der Waals surface area contributed by atoms with Crippen molar-refractivity contribution in [3.63, 3.8) is 0 Å². The normalized spacial score (nSPS) is 11.6. The minimum Gasteiger partial charge on any atom is -0.469 e. The SMILES string of the molecule is CNC(C)(C)C(=O)Cc1ccco1. The minimum absolute atomic E-state index is 0.130. The molecule has 1 rings (SSSR count). The Kier molecular flexibility index (Phi) is 2.88. The topological polar surface area (TPSA) is 42.2 Å². The van der Waals surface area contributed by atoms with Crippen LogP contribution in [0.4, 0.5) is 0 Å². The summed E-state index contributed by atoms with van der Waals surface area (Å²) in [6.07, 6.45) is 1.93. The number of carbonyl (C=O) groups excluding carboxylic acids is 1. The van der Waals surface area contributed by atoms with Crippen LogP contribution < -0.4 is 5.32 Å². The Morgan fingerprint density at radius 3 is 2.77 bits per heavy atom. The summed E-state index contributed by atoms with van der Waals surface area (Å²) in [7, 11) is 1.78. The first kappa shape index (κ1) is 9.99. The summed E-state index contributed by atoms with van der Waals surface area (Å²) in [4.78, 5) is 11.6. The zero-order chi connectivity index (χ0) is 9.90. The Balaban J connectivity index is 2.61. The van der Waals surface area contributed by atoms with Gasteiger partial charge in [0.1, 0.15) is 5.76 Å². The van der Waals surface area contributed by atoms with E-state index < -0.39 is 5.54 Å². The molecule has 3 nitrogen and oxygen atoms in total. The Morgan fingerprint density at radius 2 is 2.31 bits per heavy atom. The van der Waals surface area contributed by atoms with Gasteiger partial charge in [0.25, 0.3) is 0 Å². The van der Waals surface area contributed by atoms with Crippen LogP contribution in [0.3, 0.4) is 0 Å². The quantitative estimate of drug-likeness (QED) is 0.763. The zero-order valence-corrected chi connectivity index (χ0v) is 8.26. The maximum absolute atomic E-state index is 11.6. The third-order valence-electron chi connectivity index (χ3n) is 2.24. The van der Waals surface area contributed by atoms with Gasteiger partial charge in [0.05, 0.1) is 18.2 Å². The van der Waals surface area contributed by atoms with E-state index in [0.29, 0.717) is 12.2 Å². The second kappa shape index (κ2) is 3.75. The number of furan rings is 1. The molecule has 0 bridgehead atoms. The van der Waals surface area contributed by atoms with E-state index in [1.54, 1.807) is 19.4 Å². The third-order valence-corrected chi connectivity index (χ3v) is 2.24. The molecular formula is C10H15NO2. The van der Waals surface area contributed by atoms with E-state index in [2.05, 4.69) is 5.32 Å². The molecule has 1 aromatic rings. The lowest BCUT2D eigenvalue weighted by molar-refractivity contribution is -0.123. The lowest BCUT2D eigenvalue weighted by Gasteiger charge is -2.21. The molecule has 0 atom stereocenters. The molecule has 1 N–H and O–H groups in total. The highest BCUT2D eigenvalue weighted by Gasteiger charge is 2.25. The van der Waals surface area contributed by atoms with Crippen molar-refractivity contribution in [1.82, 2.24) is 5.32 Å². The van der Waals surface area contributed by atoms with Crippen LogP contribution in [0.1, 0.15) is 19.6 Å². The second-order valence-corrected chi connectivity index (χ2v) is 3.55. The molecule has 0 saturated heterocycles. The van der Waals surface area contributed by atoms with Crippen molar-refractivity contribution in [2.45, 2.75) is 25.8 Å². The summed E-state index contributed by atoms with van der Waals surface area (Å²) in [6.45, 7) is 3.72. The number of ketones is 1. The highest BCUT2D eigenvalue weighted by molar-refractivity contribution is 5.88. The second-order valence-electron chi connectivity index (χ2n) is 3.55. The largest absolute Gasteiger partial charge is 0.469 e. The number of hydrogen-bond donors (Lipinski definition) is 1. The van der Waals surface area contributed by atoms with Gasteiger partial charge in [0.2, 0.25) is 0 Å². The molecule has 0 aliphatic heterocycles. The van der Waals surface area contributed by atoms with Gasteiger partial charge in [-0.2, -0.15) is 0 Å². The molecule has 0 fully saturated rings. The van der Waals surface area contributed by atoms with E-state index >= 15 is 0 Å². The fourth-order valence-electron chi connectivity index (χ4n) is 0.932. The summed E-state index contributed by atoms with van der Waals surface area (Å²) in [6, 6.07) is 3.60. The molecular weight excluding hydrogens is 166 g/mol. The van der Waals surface area contributed by atoms with E-state index in [9.17, 15) is 4.79 Å². The lowest BCUT2D eigenvalue weighted by Crippen LogP contribution is -2.45. The maximum Gasteiger partial charge on any atom is 0.159 e. The van der Waals surface area contributed by atoms with Gasteiger partial charge in [-0.1, -0.05) is 0 Å². The van der Waals surface area contributed by atoms with Gasteiger partial charge in [0.15, 0.2) is 5.78 Å². The number of carbonyl (C=O) groups is 1. The van der Waals surface area contributed by atoms with Crippen molar-refractivity contribution in [2.24, 2.45) is 0 Å². The predicted molar refractivity (Wildman–Crippen MR) is 50.6 cm³/mol. The Hall–Kier alpha value is -1.09. The van der Waals surface area contributed by atoms with Crippen LogP contribution in [0.15, 0.2) is 22.8 Å². The van der Waals surface area contributed by atoms with Crippen molar-refractivity contribution in [2.75, 3.05) is 7.05 Å². The molecule has 0 unspecified atom stereocenters. The first-order valence-electron chi connectivity index (χ1n) is 4.31. The van der Waals surface area contributed by atoms with Crippen molar-refractivity contribution in [1.29, 1.82) is 0 Å². The molecule has 3 heteroatoms. The average Bonchev–Trinajstić information content (AvgIpc) is 2.57. The standard InChI is InChI=1S/C10H15NO2/c1-10(2,11-3)9(12)7-8-5-4-6-13-8/h4-6,11H,7H2,1-3H3. The number of nitrogens with one attached hydrogen (secondary N) is 1. The molecule has 0 aliphatic carbocycles. The monoisotopic (exact) mass is 181 g/mol. The van der Waals surface area contributed by atoms with Crippen LogP contribution in [0.2, 0.25) is 0 Å². The van der Waals surface area contributed by atoms with E-state index in [-0.39, 0.29) is 5.78 Å². The maximum atomic E-state index is 11.6. The molecule has 0 spiro atoms. The van der Waals surface area contributed by atoms with Crippen LogP contribution in [-0.4, -0.2) is 18.4 Å². The zero-order valence-electron chi connectivity index (χ0n) is 8.26. The van der Waals surface area contributed by atoms with Crippen LogP contribution >= 0.6 is 0 Å². The van der Waals surface area contributed by atoms with Crippen LogP contribution in [0, 0.1) is 0 Å². The van der Waals surface area contributed by atoms with Gasteiger partial charge in [0, 0.05) is 0 Å². The first-order chi connectivity index (χ1) is 6.06. The summed E-state index contributed by atoms with van der Waals surface area (Å²) in [5.74, 6) is 0.846. The van der Waals surface area contributed by atoms with Gasteiger partial charge in [-0.15, -0.1) is 0 Å². The average molecular weight is 181 g/mol. The number of hydrogen-bond acceptors (Lipinski definition) is 3. The Bertz CT molecular complexity index is 275. The molecule has 13 heavy (non-hydrogen) atoms. The number of Topliss-reactive ketones (excluding diaryl/α,β-unsaturated/α-hetero) is 1. The van der Waals surface area contributed by atoms with E-state index in [0.717, 1.165) is 0 Å². The van der Waals surface area contributed by atoms with Gasteiger partial charge in [-0.25, -0.2) is 0 Å². The van der Waals surface area contributed by atoms with Crippen LogP contribution in [0.5, 0.6) is 0 Å². The highest BCUT2D eigenvalue weighted by Crippen LogP contribution is 2.09. The van der Waals surface area contributed by atoms with Crippen LogP contribution in [-0.2, 0) is 11.2 Å². The highest BCUT2D eigenvalue weighted by atomic mass is 16.3. The predicted octanol–water partition coefficient (Wildman–Crippen LogP) is 1.39. The molecule has 72 valence electrons. The van der Waals surface area contributed by atoms with Gasteiger partial charge in [-0.05, 0) is 33.0 Å². The Morgan fingerprint density at radius 1 is 1.62 bits per heavy atom. The number of rotatable bonds is 4. The summed E-state index contributed by atoms with van der Waals surface area (Å²) >= 11 is 0. The molecule has 0 amide bonds. The van der Waals surface area contributed by atoms with Crippen molar-refractivity contribution >= 4 is 5.78 Å². The van der Waals surface area contributed by atoms with Crippen molar-refractivity contribution in [3.05, 3.63) is 24.2 Å². The summed E-state index contributed by atoms with van der Waals surface area (Å²) in [5.41, 5.74) is -0.479. The van der Waals surface area contributed by atoms with Crippen LogP contribution in [0.25, 0.3) is 0 Å². The first-order valence-corrected chi connectivity index (χ1v) is 4.31. The molecule has 0 saturated carbocycles. The Labute approximate surface area is 78.1 Å². The fraction of sp³-hybridized carbons (Fsp3) is 0.500. The minimum atomic E-state index is -0.479. The molecule has 1 aromatic heterocycles. The molecule has 0 aromatic carbocycles. The van der Waals surface area contributed by atoms with E-state index in [1.807, 2.05) is 19.9 Å². The summed E-state index contributed by atoms with van der Waals surface area (Å²) in [5, 5.41) is 2.96. The molecule has 0 radical (unpaired) electrons. The fourth-order valence-corrected chi connectivity index (χ4v) is 0.932. The van der Waals surface area contributed by atoms with Gasteiger partial charge < -0.3 is 9.73 Å². The molecule has 1 heterocycles.